The topological polar surface area (TPSA) is 80.3 Å². The van der Waals surface area contributed by atoms with Crippen molar-refractivity contribution >= 4 is 17.6 Å². The lowest BCUT2D eigenvalue weighted by Gasteiger charge is -2.11. The third-order valence-electron chi connectivity index (χ3n) is 2.35. The highest BCUT2D eigenvalue weighted by atomic mass is 16.8. The zero-order valence-corrected chi connectivity index (χ0v) is 9.45. The minimum atomic E-state index is -0.975. The van der Waals surface area contributed by atoms with E-state index < -0.39 is 5.23 Å². The van der Waals surface area contributed by atoms with Crippen LogP contribution in [0.25, 0.3) is 0 Å². The average Bonchev–Trinajstić information content (AvgIpc) is 2.38. The quantitative estimate of drug-likeness (QED) is 0.566. The Balaban J connectivity index is 2.18. The van der Waals surface area contributed by atoms with Crippen molar-refractivity contribution in [3.63, 3.8) is 0 Å². The third kappa shape index (κ3) is 3.14. The Hall–Kier alpha value is -2.21. The lowest BCUT2D eigenvalue weighted by Crippen LogP contribution is -2.99. The van der Waals surface area contributed by atoms with E-state index in [1.807, 2.05) is 0 Å². The van der Waals surface area contributed by atoms with Crippen LogP contribution in [0, 0.1) is 5.21 Å². The molecule has 0 heterocycles. The monoisotopic (exact) mass is 244 g/mol. The molecule has 0 aliphatic rings. The second-order valence-corrected chi connectivity index (χ2v) is 3.71. The first-order chi connectivity index (χ1) is 8.65. The summed E-state index contributed by atoms with van der Waals surface area (Å²) in [5, 5.41) is 27.8. The summed E-state index contributed by atoms with van der Waals surface area (Å²) in [4.78, 5) is 4.18. The Morgan fingerprint density at radius 2 is 1.83 bits per heavy atom. The van der Waals surface area contributed by atoms with E-state index in [4.69, 9.17) is 10.3 Å². The van der Waals surface area contributed by atoms with E-state index in [1.165, 1.54) is 12.1 Å². The fourth-order valence-corrected chi connectivity index (χ4v) is 1.43. The van der Waals surface area contributed by atoms with Crippen LogP contribution in [0.3, 0.4) is 0 Å². The highest BCUT2D eigenvalue weighted by Gasteiger charge is 1.99. The maximum Gasteiger partial charge on any atom is 0.165 e. The van der Waals surface area contributed by atoms with Crippen LogP contribution in [0.15, 0.2) is 53.5 Å². The van der Waals surface area contributed by atoms with Gasteiger partial charge in [-0.1, -0.05) is 6.07 Å². The first-order valence-electron chi connectivity index (χ1n) is 5.31. The summed E-state index contributed by atoms with van der Waals surface area (Å²) in [5.74, 6) is 0.194. The van der Waals surface area contributed by atoms with Gasteiger partial charge >= 0.3 is 0 Å². The number of aromatic hydroxyl groups is 1. The second-order valence-electron chi connectivity index (χ2n) is 3.71. The average molecular weight is 244 g/mol. The number of benzene rings is 2. The lowest BCUT2D eigenvalue weighted by atomic mass is 10.2. The molecule has 0 saturated heterocycles. The van der Waals surface area contributed by atoms with Crippen LogP contribution in [0.1, 0.15) is 5.56 Å². The van der Waals surface area contributed by atoms with Crippen LogP contribution >= 0.6 is 0 Å². The number of hydrogen-bond donors (Lipinski definition) is 3. The van der Waals surface area contributed by atoms with Gasteiger partial charge in [0.1, 0.15) is 5.75 Å². The SMILES string of the molecule is [O-][NH+](O)c1cccc(N=Cc2ccc(O)cc2)c1. The van der Waals surface area contributed by atoms with Crippen LogP contribution in [0.5, 0.6) is 5.75 Å². The number of hydrogen-bond acceptors (Lipinski definition) is 4. The van der Waals surface area contributed by atoms with Crippen LogP contribution in [0.4, 0.5) is 11.4 Å². The predicted molar refractivity (Wildman–Crippen MR) is 67.6 cm³/mol. The summed E-state index contributed by atoms with van der Waals surface area (Å²) >= 11 is 0. The van der Waals surface area contributed by atoms with E-state index in [2.05, 4.69) is 4.99 Å². The second kappa shape index (κ2) is 5.42. The minimum Gasteiger partial charge on any atom is -0.595 e. The highest BCUT2D eigenvalue weighted by molar-refractivity contribution is 5.82. The summed E-state index contributed by atoms with van der Waals surface area (Å²) in [6.45, 7) is 0. The number of aliphatic imine (C=N–C) groups is 1. The Morgan fingerprint density at radius 3 is 2.50 bits per heavy atom. The molecule has 0 saturated carbocycles. The number of nitrogens with zero attached hydrogens (tertiary/aromatic N) is 1. The summed E-state index contributed by atoms with van der Waals surface area (Å²) < 4.78 is 0. The molecule has 3 N–H and O–H groups in total. The minimum absolute atomic E-state index is 0.194. The number of phenolic OH excluding ortho intramolecular Hbond substituents is 1. The Labute approximate surface area is 104 Å². The van der Waals surface area contributed by atoms with Crippen molar-refractivity contribution < 1.29 is 15.5 Å². The molecular formula is C13H12N2O3. The maximum atomic E-state index is 10.8. The molecule has 5 nitrogen and oxygen atoms in total. The molecule has 0 fully saturated rings. The molecule has 0 aromatic heterocycles. The van der Waals surface area contributed by atoms with Crippen molar-refractivity contribution in [2.24, 2.45) is 4.99 Å². The number of rotatable bonds is 3. The first-order valence-corrected chi connectivity index (χ1v) is 5.31. The molecule has 0 aliphatic heterocycles. The number of nitrogens with one attached hydrogen (secondary N) is 1. The molecule has 0 radical (unpaired) electrons. The fraction of sp³-hybridized carbons (Fsp3) is 0. The van der Waals surface area contributed by atoms with E-state index in [0.29, 0.717) is 5.69 Å². The van der Waals surface area contributed by atoms with Crippen molar-refractivity contribution in [1.29, 1.82) is 0 Å². The first kappa shape index (κ1) is 12.3. The molecule has 92 valence electrons. The van der Waals surface area contributed by atoms with Gasteiger partial charge in [-0.15, -0.1) is 0 Å². The summed E-state index contributed by atoms with van der Waals surface area (Å²) in [5.41, 5.74) is 1.60. The normalized spacial score (nSPS) is 12.8. The molecule has 0 amide bonds. The lowest BCUT2D eigenvalue weighted by molar-refractivity contribution is -0.991. The van der Waals surface area contributed by atoms with Crippen LogP contribution < -0.4 is 5.23 Å². The van der Waals surface area contributed by atoms with Crippen LogP contribution in [0.2, 0.25) is 0 Å². The van der Waals surface area contributed by atoms with E-state index >= 15 is 0 Å². The molecule has 5 heteroatoms. The van der Waals surface area contributed by atoms with Crippen molar-refractivity contribution in [2.75, 3.05) is 0 Å². The summed E-state index contributed by atoms with van der Waals surface area (Å²) in [7, 11) is 0. The number of phenols is 1. The molecule has 1 unspecified atom stereocenters. The fourth-order valence-electron chi connectivity index (χ4n) is 1.43. The van der Waals surface area contributed by atoms with Gasteiger partial charge in [0.25, 0.3) is 0 Å². The molecule has 0 spiro atoms. The van der Waals surface area contributed by atoms with Gasteiger partial charge in [-0.2, -0.15) is 5.23 Å². The van der Waals surface area contributed by atoms with E-state index in [-0.39, 0.29) is 11.4 Å². The van der Waals surface area contributed by atoms with E-state index in [9.17, 15) is 5.21 Å². The number of quaternary nitrogens is 1. The largest absolute Gasteiger partial charge is 0.595 e. The zero-order chi connectivity index (χ0) is 13.0. The van der Waals surface area contributed by atoms with Gasteiger partial charge in [0.2, 0.25) is 0 Å². The predicted octanol–water partition coefficient (Wildman–Crippen LogP) is 1.55. The van der Waals surface area contributed by atoms with Crippen molar-refractivity contribution in [2.45, 2.75) is 0 Å². The maximum absolute atomic E-state index is 10.8. The smallest absolute Gasteiger partial charge is 0.165 e. The van der Waals surface area contributed by atoms with Crippen molar-refractivity contribution in [1.82, 2.24) is 0 Å². The summed E-state index contributed by atoms with van der Waals surface area (Å²) in [6.07, 6.45) is 1.61. The Kier molecular flexibility index (Phi) is 3.69. The molecule has 2 aromatic rings. The zero-order valence-electron chi connectivity index (χ0n) is 9.45. The van der Waals surface area contributed by atoms with Gasteiger partial charge in [0.05, 0.1) is 5.69 Å². The molecule has 0 aliphatic carbocycles. The molecular weight excluding hydrogens is 232 g/mol. The van der Waals surface area contributed by atoms with Gasteiger partial charge in [-0.3, -0.25) is 4.99 Å². The van der Waals surface area contributed by atoms with Gasteiger partial charge in [0.15, 0.2) is 5.69 Å². The Morgan fingerprint density at radius 1 is 1.11 bits per heavy atom. The van der Waals surface area contributed by atoms with Gasteiger partial charge < -0.3 is 10.3 Å². The van der Waals surface area contributed by atoms with Crippen molar-refractivity contribution in [3.8, 4) is 5.75 Å². The van der Waals surface area contributed by atoms with Crippen LogP contribution in [-0.2, 0) is 0 Å². The Bertz CT molecular complexity index is 550. The third-order valence-corrected chi connectivity index (χ3v) is 2.35. The van der Waals surface area contributed by atoms with Crippen LogP contribution in [-0.4, -0.2) is 16.5 Å². The van der Waals surface area contributed by atoms with Gasteiger partial charge in [-0.25, -0.2) is 5.21 Å². The standard InChI is InChI=1S/C13H12N2O3/c16-13-6-4-10(5-7-13)9-14-11-2-1-3-12(8-11)15(17)18/h1-9,15-17H. The van der Waals surface area contributed by atoms with Crippen molar-refractivity contribution in [3.05, 3.63) is 59.3 Å². The van der Waals surface area contributed by atoms with Gasteiger partial charge in [-0.05, 0) is 35.9 Å². The van der Waals surface area contributed by atoms with E-state index in [0.717, 1.165) is 5.56 Å². The summed E-state index contributed by atoms with van der Waals surface area (Å²) in [6, 6.07) is 13.0. The highest BCUT2D eigenvalue weighted by Crippen LogP contribution is 2.15. The molecule has 2 aromatic carbocycles. The van der Waals surface area contributed by atoms with Gasteiger partial charge in [0, 0.05) is 18.3 Å². The molecule has 18 heavy (non-hydrogen) atoms. The molecule has 0 bridgehead atoms. The van der Waals surface area contributed by atoms with E-state index in [1.54, 1.807) is 42.6 Å². The molecule has 2 rings (SSSR count). The molecule has 1 atom stereocenters.